The zero-order valence-electron chi connectivity index (χ0n) is 10.4. The molecule has 0 unspecified atom stereocenters. The maximum absolute atomic E-state index is 4.71. The Morgan fingerprint density at radius 2 is 1.78 bits per heavy atom. The average Bonchev–Trinajstić information content (AvgIpc) is 2.55. The lowest BCUT2D eigenvalue weighted by Gasteiger charge is -2.03. The van der Waals surface area contributed by atoms with E-state index in [1.807, 2.05) is 30.3 Å². The quantitative estimate of drug-likeness (QED) is 0.739. The number of benzene rings is 1. The molecule has 1 aromatic rings. The Labute approximate surface area is 117 Å². The molecule has 1 heterocycles. The van der Waals surface area contributed by atoms with E-state index < -0.39 is 0 Å². The third kappa shape index (κ3) is 3.50. The molecule has 2 rings (SSSR count). The van der Waals surface area contributed by atoms with E-state index in [4.69, 9.17) is 9.98 Å². The molecule has 1 aliphatic heterocycles. The van der Waals surface area contributed by atoms with Gasteiger partial charge in [0.05, 0.1) is 21.5 Å². The average molecular weight is 276 g/mol. The Bertz CT molecular complexity index is 492. The van der Waals surface area contributed by atoms with E-state index in [-0.39, 0.29) is 0 Å². The van der Waals surface area contributed by atoms with E-state index >= 15 is 0 Å². The van der Waals surface area contributed by atoms with Crippen molar-refractivity contribution in [2.45, 2.75) is 13.3 Å². The van der Waals surface area contributed by atoms with E-state index in [2.05, 4.69) is 13.5 Å². The fraction of sp³-hybridized carbons (Fsp3) is 0.286. The van der Waals surface area contributed by atoms with Crippen molar-refractivity contribution in [3.05, 3.63) is 36.9 Å². The standard InChI is InChI=1S/C14H16N2S2/c1-3-9-18-14-10-13(17-4-2)15-11-7-5-6-8-12(11)16-14/h3,5-8H,1,4,9-10H2,2H3. The number of nitrogens with zero attached hydrogens (tertiary/aromatic N) is 2. The van der Waals surface area contributed by atoms with Crippen LogP contribution >= 0.6 is 23.5 Å². The SMILES string of the molecule is C=CCSC1=Nc2ccccc2N=C(SCC)C1. The normalized spacial score (nSPS) is 14.3. The molecule has 18 heavy (non-hydrogen) atoms. The Kier molecular flexibility index (Phi) is 5.08. The van der Waals surface area contributed by atoms with Crippen LogP contribution in [-0.2, 0) is 0 Å². The summed E-state index contributed by atoms with van der Waals surface area (Å²) in [5.41, 5.74) is 1.94. The van der Waals surface area contributed by atoms with E-state index in [0.29, 0.717) is 0 Å². The molecule has 1 aromatic carbocycles. The lowest BCUT2D eigenvalue weighted by Crippen LogP contribution is -2.01. The minimum Gasteiger partial charge on any atom is -0.244 e. The number of para-hydroxylation sites is 2. The van der Waals surface area contributed by atoms with Crippen LogP contribution in [0.15, 0.2) is 46.9 Å². The van der Waals surface area contributed by atoms with Crippen molar-refractivity contribution < 1.29 is 0 Å². The molecule has 0 radical (unpaired) electrons. The molecule has 0 aliphatic carbocycles. The summed E-state index contributed by atoms with van der Waals surface area (Å²) in [6.45, 7) is 5.91. The fourth-order valence-corrected chi connectivity index (χ4v) is 3.16. The molecule has 0 aromatic heterocycles. The van der Waals surface area contributed by atoms with Gasteiger partial charge in [0.2, 0.25) is 0 Å². The van der Waals surface area contributed by atoms with Crippen molar-refractivity contribution >= 4 is 45.0 Å². The van der Waals surface area contributed by atoms with Gasteiger partial charge in [0.25, 0.3) is 0 Å². The first kappa shape index (κ1) is 13.4. The van der Waals surface area contributed by atoms with Crippen LogP contribution in [0.2, 0.25) is 0 Å². The molecule has 0 bridgehead atoms. The lowest BCUT2D eigenvalue weighted by atomic mass is 10.3. The van der Waals surface area contributed by atoms with Crippen LogP contribution < -0.4 is 0 Å². The fourth-order valence-electron chi connectivity index (χ4n) is 1.62. The first-order chi connectivity index (χ1) is 8.83. The van der Waals surface area contributed by atoms with Crippen molar-refractivity contribution in [1.82, 2.24) is 0 Å². The van der Waals surface area contributed by atoms with E-state index in [1.165, 1.54) is 0 Å². The number of thioether (sulfide) groups is 2. The van der Waals surface area contributed by atoms with Gasteiger partial charge in [-0.15, -0.1) is 30.1 Å². The van der Waals surface area contributed by atoms with Crippen LogP contribution in [0.4, 0.5) is 11.4 Å². The summed E-state index contributed by atoms with van der Waals surface area (Å²) in [6, 6.07) is 8.06. The molecule has 0 amide bonds. The van der Waals surface area contributed by atoms with Gasteiger partial charge < -0.3 is 0 Å². The van der Waals surface area contributed by atoms with E-state index in [9.17, 15) is 0 Å². The molecular formula is C14H16N2S2. The zero-order valence-corrected chi connectivity index (χ0v) is 12.1. The number of fused-ring (bicyclic) bond motifs is 1. The van der Waals surface area contributed by atoms with Crippen LogP contribution in [-0.4, -0.2) is 21.6 Å². The molecule has 4 heteroatoms. The number of rotatable bonds is 3. The molecule has 1 aliphatic rings. The van der Waals surface area contributed by atoms with Crippen molar-refractivity contribution in [1.29, 1.82) is 0 Å². The Morgan fingerprint density at radius 1 is 1.17 bits per heavy atom. The third-order valence-corrected chi connectivity index (χ3v) is 4.18. The topological polar surface area (TPSA) is 24.7 Å². The van der Waals surface area contributed by atoms with E-state index in [1.54, 1.807) is 23.5 Å². The van der Waals surface area contributed by atoms with Gasteiger partial charge in [0.1, 0.15) is 0 Å². The largest absolute Gasteiger partial charge is 0.244 e. The smallest absolute Gasteiger partial charge is 0.0896 e. The molecule has 0 saturated heterocycles. The van der Waals surface area contributed by atoms with Crippen LogP contribution in [0.5, 0.6) is 0 Å². The molecule has 0 atom stereocenters. The summed E-state index contributed by atoms with van der Waals surface area (Å²) < 4.78 is 0. The summed E-state index contributed by atoms with van der Waals surface area (Å²) >= 11 is 3.54. The molecular weight excluding hydrogens is 260 g/mol. The van der Waals surface area contributed by atoms with Gasteiger partial charge in [-0.2, -0.15) is 0 Å². The summed E-state index contributed by atoms with van der Waals surface area (Å²) in [4.78, 5) is 9.43. The molecule has 0 saturated carbocycles. The van der Waals surface area contributed by atoms with Crippen LogP contribution in [0.3, 0.4) is 0 Å². The number of hydrogen-bond donors (Lipinski definition) is 0. The molecule has 0 N–H and O–H groups in total. The van der Waals surface area contributed by atoms with Gasteiger partial charge >= 0.3 is 0 Å². The van der Waals surface area contributed by atoms with Gasteiger partial charge in [-0.3, -0.25) is 0 Å². The lowest BCUT2D eigenvalue weighted by molar-refractivity contribution is 1.47. The maximum atomic E-state index is 4.71. The highest BCUT2D eigenvalue weighted by Gasteiger charge is 2.13. The number of aliphatic imine (C=N–C) groups is 2. The van der Waals surface area contributed by atoms with Gasteiger partial charge in [-0.1, -0.05) is 25.1 Å². The van der Waals surface area contributed by atoms with Crippen LogP contribution in [0.1, 0.15) is 13.3 Å². The zero-order chi connectivity index (χ0) is 12.8. The Hall–Kier alpha value is -1.00. The highest BCUT2D eigenvalue weighted by Crippen LogP contribution is 2.33. The van der Waals surface area contributed by atoms with Gasteiger partial charge in [0, 0.05) is 12.2 Å². The van der Waals surface area contributed by atoms with Crippen molar-refractivity contribution in [2.75, 3.05) is 11.5 Å². The third-order valence-electron chi connectivity index (χ3n) is 2.35. The summed E-state index contributed by atoms with van der Waals surface area (Å²) in [7, 11) is 0. The second-order valence-corrected chi connectivity index (χ2v) is 6.14. The number of hydrogen-bond acceptors (Lipinski definition) is 4. The second kappa shape index (κ2) is 6.81. The second-order valence-electron chi connectivity index (χ2n) is 3.71. The van der Waals surface area contributed by atoms with Crippen molar-refractivity contribution in [3.63, 3.8) is 0 Å². The summed E-state index contributed by atoms with van der Waals surface area (Å²) in [5, 5.41) is 2.28. The van der Waals surface area contributed by atoms with Gasteiger partial charge in [-0.25, -0.2) is 9.98 Å². The molecule has 0 fully saturated rings. The predicted molar refractivity (Wildman–Crippen MR) is 86.0 cm³/mol. The first-order valence-electron chi connectivity index (χ1n) is 5.94. The maximum Gasteiger partial charge on any atom is 0.0896 e. The Morgan fingerprint density at radius 3 is 2.33 bits per heavy atom. The molecule has 94 valence electrons. The predicted octanol–water partition coefficient (Wildman–Crippen LogP) is 4.82. The van der Waals surface area contributed by atoms with Crippen LogP contribution in [0, 0.1) is 0 Å². The summed E-state index contributed by atoms with van der Waals surface area (Å²) in [6.07, 6.45) is 2.75. The van der Waals surface area contributed by atoms with Crippen molar-refractivity contribution in [3.8, 4) is 0 Å². The monoisotopic (exact) mass is 276 g/mol. The molecule has 0 spiro atoms. The molecule has 2 nitrogen and oxygen atoms in total. The highest BCUT2D eigenvalue weighted by molar-refractivity contribution is 8.16. The Balaban J connectivity index is 2.32. The highest BCUT2D eigenvalue weighted by atomic mass is 32.2. The van der Waals surface area contributed by atoms with Gasteiger partial charge in [0.15, 0.2) is 0 Å². The van der Waals surface area contributed by atoms with E-state index in [0.717, 1.165) is 39.4 Å². The van der Waals surface area contributed by atoms with Gasteiger partial charge in [-0.05, 0) is 17.9 Å². The first-order valence-corrected chi connectivity index (χ1v) is 7.91. The van der Waals surface area contributed by atoms with Crippen molar-refractivity contribution in [2.24, 2.45) is 9.98 Å². The summed E-state index contributed by atoms with van der Waals surface area (Å²) in [5.74, 6) is 1.94. The minimum absolute atomic E-state index is 0.839. The minimum atomic E-state index is 0.839. The van der Waals surface area contributed by atoms with Crippen LogP contribution in [0.25, 0.3) is 0 Å².